The Morgan fingerprint density at radius 2 is 2.15 bits per heavy atom. The largest absolute Gasteiger partial charge is 0.494 e. The third kappa shape index (κ3) is 3.21. The lowest BCUT2D eigenvalue weighted by molar-refractivity contribution is 0.336. The van der Waals surface area contributed by atoms with Gasteiger partial charge in [-0.1, -0.05) is 29.7 Å². The molecule has 2 heterocycles. The van der Waals surface area contributed by atoms with Gasteiger partial charge < -0.3 is 14.5 Å². The number of hydrogen-bond donors (Lipinski definition) is 1. The molecule has 0 unspecified atom stereocenters. The summed E-state index contributed by atoms with van der Waals surface area (Å²) in [6.45, 7) is 4.41. The zero-order valence-electron chi connectivity index (χ0n) is 15.3. The Morgan fingerprint density at radius 3 is 2.96 bits per heavy atom. The molecule has 26 heavy (non-hydrogen) atoms. The predicted octanol–water partition coefficient (Wildman–Crippen LogP) is 2.22. The van der Waals surface area contributed by atoms with Crippen molar-refractivity contribution in [3.8, 4) is 5.75 Å². The van der Waals surface area contributed by atoms with Crippen LogP contribution in [0.4, 0.5) is 0 Å². The van der Waals surface area contributed by atoms with E-state index in [-0.39, 0.29) is 0 Å². The minimum absolute atomic E-state index is 0.656. The van der Waals surface area contributed by atoms with Crippen molar-refractivity contribution in [2.45, 2.75) is 19.8 Å². The smallest absolute Gasteiger partial charge is 0.139 e. The van der Waals surface area contributed by atoms with Crippen molar-refractivity contribution in [2.75, 3.05) is 19.7 Å². The summed E-state index contributed by atoms with van der Waals surface area (Å²) in [7, 11) is 2.13. The quantitative estimate of drug-likeness (QED) is 0.697. The van der Waals surface area contributed by atoms with E-state index in [0.717, 1.165) is 48.7 Å². The Hall–Kier alpha value is -2.69. The maximum Gasteiger partial charge on any atom is 0.139 e. The summed E-state index contributed by atoms with van der Waals surface area (Å²) in [5.41, 5.74) is 5.85. The number of rotatable bonds is 6. The number of aliphatic imine (C=N–C) groups is 1. The van der Waals surface area contributed by atoms with Crippen molar-refractivity contribution in [3.05, 3.63) is 59.4 Å². The van der Waals surface area contributed by atoms with Crippen LogP contribution in [-0.2, 0) is 12.8 Å². The number of fused-ring (bicyclic) bond motifs is 1. The van der Waals surface area contributed by atoms with Crippen LogP contribution in [0.1, 0.15) is 23.6 Å². The molecule has 0 atom stereocenters. The standard InChI is InChI=1S/C21H23BN2O2/c1-2-25-19-5-3-4-18(21-23-9-10-24-21)17(19)7-6-14-12-16(22)13-15-8-11-26-20(14)15/h3-5,8,11-13H,2,6-7,9-10,22H2,1H3,(H,23,24). The molecule has 0 saturated carbocycles. The summed E-state index contributed by atoms with van der Waals surface area (Å²) in [5.74, 6) is 1.93. The van der Waals surface area contributed by atoms with Gasteiger partial charge in [0.2, 0.25) is 0 Å². The average Bonchev–Trinajstić information content (AvgIpc) is 3.32. The van der Waals surface area contributed by atoms with Crippen molar-refractivity contribution in [1.29, 1.82) is 0 Å². The lowest BCUT2D eigenvalue weighted by Crippen LogP contribution is -2.21. The number of furan rings is 1. The normalized spacial score (nSPS) is 13.7. The first-order valence-electron chi connectivity index (χ1n) is 9.26. The monoisotopic (exact) mass is 346 g/mol. The summed E-state index contributed by atoms with van der Waals surface area (Å²) >= 11 is 0. The van der Waals surface area contributed by atoms with Crippen LogP contribution in [0.15, 0.2) is 52.1 Å². The molecule has 4 nitrogen and oxygen atoms in total. The van der Waals surface area contributed by atoms with Gasteiger partial charge >= 0.3 is 0 Å². The number of aryl methyl sites for hydroxylation is 1. The first-order valence-corrected chi connectivity index (χ1v) is 9.26. The number of benzene rings is 2. The van der Waals surface area contributed by atoms with Gasteiger partial charge in [-0.25, -0.2) is 0 Å². The van der Waals surface area contributed by atoms with Crippen LogP contribution in [-0.4, -0.2) is 33.4 Å². The Bertz CT molecular complexity index is 962. The van der Waals surface area contributed by atoms with Crippen molar-refractivity contribution in [2.24, 2.45) is 4.99 Å². The molecule has 1 N–H and O–H groups in total. The average molecular weight is 346 g/mol. The van der Waals surface area contributed by atoms with Crippen molar-refractivity contribution in [3.63, 3.8) is 0 Å². The minimum atomic E-state index is 0.656. The third-order valence-corrected chi connectivity index (χ3v) is 4.78. The van der Waals surface area contributed by atoms with Gasteiger partial charge in [0.05, 0.1) is 19.4 Å². The lowest BCUT2D eigenvalue weighted by Gasteiger charge is -2.16. The second kappa shape index (κ2) is 7.28. The summed E-state index contributed by atoms with van der Waals surface area (Å²) in [6, 6.07) is 12.6. The number of nitrogens with one attached hydrogen (secondary N) is 1. The molecule has 1 aliphatic heterocycles. The molecule has 3 aromatic rings. The molecular formula is C21H23BN2O2. The first-order chi connectivity index (χ1) is 12.8. The summed E-state index contributed by atoms with van der Waals surface area (Å²) in [6.07, 6.45) is 3.55. The molecule has 132 valence electrons. The molecule has 0 bridgehead atoms. The van der Waals surface area contributed by atoms with Crippen LogP contribution in [0.2, 0.25) is 0 Å². The summed E-state index contributed by atoms with van der Waals surface area (Å²) in [4.78, 5) is 4.61. The third-order valence-electron chi connectivity index (χ3n) is 4.78. The maximum atomic E-state index is 5.92. The van der Waals surface area contributed by atoms with Crippen molar-refractivity contribution >= 4 is 30.1 Å². The molecule has 0 amide bonds. The molecule has 0 spiro atoms. The van der Waals surface area contributed by atoms with Gasteiger partial charge in [0, 0.05) is 23.1 Å². The van der Waals surface area contributed by atoms with Gasteiger partial charge in [-0.3, -0.25) is 4.99 Å². The SMILES string of the molecule is Bc1cc(CCc2c(OCC)cccc2C2=NCCN2)c2occc2c1. The van der Waals surface area contributed by atoms with E-state index in [9.17, 15) is 0 Å². The highest BCUT2D eigenvalue weighted by Crippen LogP contribution is 2.27. The van der Waals surface area contributed by atoms with Gasteiger partial charge in [-0.05, 0) is 37.5 Å². The lowest BCUT2D eigenvalue weighted by atomic mass is 9.90. The van der Waals surface area contributed by atoms with Crippen LogP contribution < -0.4 is 15.5 Å². The van der Waals surface area contributed by atoms with Crippen molar-refractivity contribution < 1.29 is 9.15 Å². The second-order valence-corrected chi connectivity index (χ2v) is 6.64. The molecule has 1 aliphatic rings. The first kappa shape index (κ1) is 16.8. The molecule has 2 aromatic carbocycles. The molecule has 4 rings (SSSR count). The topological polar surface area (TPSA) is 46.8 Å². The van der Waals surface area contributed by atoms with Crippen LogP contribution in [0.25, 0.3) is 11.0 Å². The fraction of sp³-hybridized carbons (Fsp3) is 0.286. The van der Waals surface area contributed by atoms with E-state index in [2.05, 4.69) is 42.4 Å². The highest BCUT2D eigenvalue weighted by Gasteiger charge is 2.17. The van der Waals surface area contributed by atoms with Crippen LogP contribution in [0, 0.1) is 0 Å². The number of ether oxygens (including phenoxy) is 1. The van der Waals surface area contributed by atoms with Gasteiger partial charge in [0.15, 0.2) is 0 Å². The van der Waals surface area contributed by atoms with Crippen LogP contribution >= 0.6 is 0 Å². The van der Waals surface area contributed by atoms with E-state index < -0.39 is 0 Å². The van der Waals surface area contributed by atoms with E-state index in [1.54, 1.807) is 6.26 Å². The predicted molar refractivity (Wildman–Crippen MR) is 109 cm³/mol. The fourth-order valence-corrected chi connectivity index (χ4v) is 3.68. The molecule has 1 aromatic heterocycles. The van der Waals surface area contributed by atoms with Gasteiger partial charge in [-0.2, -0.15) is 0 Å². The molecular weight excluding hydrogens is 323 g/mol. The molecule has 0 saturated heterocycles. The molecule has 0 fully saturated rings. The Balaban J connectivity index is 1.69. The second-order valence-electron chi connectivity index (χ2n) is 6.64. The Morgan fingerprint density at radius 1 is 1.23 bits per heavy atom. The Labute approximate surface area is 154 Å². The number of amidine groups is 1. The highest BCUT2D eigenvalue weighted by atomic mass is 16.5. The van der Waals surface area contributed by atoms with Gasteiger partial charge in [-0.15, -0.1) is 0 Å². The molecule has 5 heteroatoms. The number of hydrogen-bond acceptors (Lipinski definition) is 4. The van der Waals surface area contributed by atoms with E-state index in [0.29, 0.717) is 6.61 Å². The fourth-order valence-electron chi connectivity index (χ4n) is 3.68. The molecule has 0 aliphatic carbocycles. The van der Waals surface area contributed by atoms with Crippen LogP contribution in [0.3, 0.4) is 0 Å². The van der Waals surface area contributed by atoms with Crippen molar-refractivity contribution in [1.82, 2.24) is 5.32 Å². The minimum Gasteiger partial charge on any atom is -0.494 e. The van der Waals surface area contributed by atoms with Gasteiger partial charge in [0.1, 0.15) is 25.0 Å². The Kier molecular flexibility index (Phi) is 4.70. The summed E-state index contributed by atoms with van der Waals surface area (Å²) < 4.78 is 11.6. The highest BCUT2D eigenvalue weighted by molar-refractivity contribution is 6.33. The van der Waals surface area contributed by atoms with Crippen LogP contribution in [0.5, 0.6) is 5.75 Å². The van der Waals surface area contributed by atoms with E-state index >= 15 is 0 Å². The zero-order chi connectivity index (χ0) is 17.9. The zero-order valence-corrected chi connectivity index (χ0v) is 15.3. The maximum absolute atomic E-state index is 5.92. The number of nitrogens with zero attached hydrogens (tertiary/aromatic N) is 1. The van der Waals surface area contributed by atoms with Gasteiger partial charge in [0.25, 0.3) is 0 Å². The van der Waals surface area contributed by atoms with E-state index in [1.807, 2.05) is 19.1 Å². The van der Waals surface area contributed by atoms with E-state index in [1.165, 1.54) is 22.0 Å². The summed E-state index contributed by atoms with van der Waals surface area (Å²) in [5, 5.41) is 4.56. The van der Waals surface area contributed by atoms with E-state index in [4.69, 9.17) is 9.15 Å². The molecule has 0 radical (unpaired) electrons.